The summed E-state index contributed by atoms with van der Waals surface area (Å²) in [6.07, 6.45) is 2.95. The van der Waals surface area contributed by atoms with Crippen molar-refractivity contribution in [1.82, 2.24) is 4.72 Å². The van der Waals surface area contributed by atoms with Crippen LogP contribution in [0.5, 0.6) is 0 Å². The van der Waals surface area contributed by atoms with Gasteiger partial charge in [0.1, 0.15) is 0 Å². The molecule has 0 heterocycles. The van der Waals surface area contributed by atoms with E-state index < -0.39 is 10.0 Å². The molecule has 0 saturated carbocycles. The van der Waals surface area contributed by atoms with Crippen molar-refractivity contribution in [2.24, 2.45) is 5.92 Å². The van der Waals surface area contributed by atoms with Crippen LogP contribution in [-0.4, -0.2) is 21.0 Å². The van der Waals surface area contributed by atoms with E-state index in [1.54, 1.807) is 12.1 Å². The highest BCUT2D eigenvalue weighted by molar-refractivity contribution is 7.89. The smallest absolute Gasteiger partial charge is 0.240 e. The van der Waals surface area contributed by atoms with Gasteiger partial charge in [-0.2, -0.15) is 0 Å². The van der Waals surface area contributed by atoms with Crippen molar-refractivity contribution in [3.8, 4) is 0 Å². The van der Waals surface area contributed by atoms with Crippen LogP contribution < -0.4 is 10.0 Å². The Morgan fingerprint density at radius 1 is 1.10 bits per heavy atom. The summed E-state index contributed by atoms with van der Waals surface area (Å²) in [7, 11) is -3.43. The van der Waals surface area contributed by atoms with Crippen LogP contribution in [-0.2, 0) is 10.0 Å². The second-order valence-corrected chi connectivity index (χ2v) is 7.44. The molecular weight excluding hydrogens is 284 g/mol. The first-order chi connectivity index (χ1) is 9.89. The molecule has 0 aromatic heterocycles. The van der Waals surface area contributed by atoms with E-state index in [1.165, 1.54) is 0 Å². The summed E-state index contributed by atoms with van der Waals surface area (Å²) >= 11 is 0. The van der Waals surface area contributed by atoms with Crippen LogP contribution >= 0.6 is 0 Å². The van der Waals surface area contributed by atoms with Gasteiger partial charge in [0.05, 0.1) is 4.90 Å². The summed E-state index contributed by atoms with van der Waals surface area (Å²) in [5.74, 6) is 0.517. The third kappa shape index (κ3) is 6.06. The number of nitrogens with one attached hydrogen (secondary N) is 2. The van der Waals surface area contributed by atoms with E-state index in [0.717, 1.165) is 31.5 Å². The molecule has 0 amide bonds. The van der Waals surface area contributed by atoms with E-state index in [0.29, 0.717) is 10.8 Å². The number of sulfonamides is 1. The molecule has 2 unspecified atom stereocenters. The molecule has 2 atom stereocenters. The fourth-order valence-electron chi connectivity index (χ4n) is 2.17. The summed E-state index contributed by atoms with van der Waals surface area (Å²) in [6, 6.07) is 6.86. The lowest BCUT2D eigenvalue weighted by atomic mass is 10.0. The normalized spacial score (nSPS) is 14.7. The predicted molar refractivity (Wildman–Crippen MR) is 89.1 cm³/mol. The first-order valence-corrected chi connectivity index (χ1v) is 9.23. The molecule has 0 fully saturated rings. The largest absolute Gasteiger partial charge is 0.385 e. The summed E-state index contributed by atoms with van der Waals surface area (Å²) in [5.41, 5.74) is 0.948. The molecule has 0 aliphatic rings. The lowest BCUT2D eigenvalue weighted by Crippen LogP contribution is -2.33. The summed E-state index contributed by atoms with van der Waals surface area (Å²) in [5, 5.41) is 3.23. The Labute approximate surface area is 129 Å². The average Bonchev–Trinajstić information content (AvgIpc) is 2.44. The van der Waals surface area contributed by atoms with Crippen LogP contribution in [0.3, 0.4) is 0 Å². The highest BCUT2D eigenvalue weighted by Crippen LogP contribution is 2.16. The van der Waals surface area contributed by atoms with E-state index in [9.17, 15) is 8.42 Å². The van der Waals surface area contributed by atoms with E-state index in [2.05, 4.69) is 30.8 Å². The van der Waals surface area contributed by atoms with Crippen LogP contribution in [0.2, 0.25) is 0 Å². The Bertz CT molecular complexity index is 512. The minimum Gasteiger partial charge on any atom is -0.385 e. The van der Waals surface area contributed by atoms with Crippen LogP contribution in [0, 0.1) is 5.92 Å². The Kier molecular flexibility index (Phi) is 7.18. The van der Waals surface area contributed by atoms with Gasteiger partial charge in [0.25, 0.3) is 0 Å². The predicted octanol–water partition coefficient (Wildman–Crippen LogP) is 3.61. The molecule has 120 valence electrons. The number of hydrogen-bond acceptors (Lipinski definition) is 3. The topological polar surface area (TPSA) is 58.2 Å². The Balaban J connectivity index is 2.69. The molecule has 0 bridgehead atoms. The molecule has 0 aliphatic heterocycles. The van der Waals surface area contributed by atoms with Gasteiger partial charge in [-0.3, -0.25) is 0 Å². The zero-order chi connectivity index (χ0) is 15.9. The van der Waals surface area contributed by atoms with Gasteiger partial charge >= 0.3 is 0 Å². The number of rotatable bonds is 9. The molecule has 1 aromatic rings. The van der Waals surface area contributed by atoms with Gasteiger partial charge in [0.15, 0.2) is 0 Å². The minimum absolute atomic E-state index is 0.0529. The second kappa shape index (κ2) is 8.39. The first kappa shape index (κ1) is 18.0. The van der Waals surface area contributed by atoms with Crippen molar-refractivity contribution < 1.29 is 8.42 Å². The SMILES string of the molecule is CCCNc1ccc(S(=O)(=O)NC(C)CC(C)CC)cc1. The molecule has 1 rings (SSSR count). The summed E-state index contributed by atoms with van der Waals surface area (Å²) < 4.78 is 27.4. The monoisotopic (exact) mass is 312 g/mol. The maximum Gasteiger partial charge on any atom is 0.240 e. The highest BCUT2D eigenvalue weighted by Gasteiger charge is 2.18. The van der Waals surface area contributed by atoms with Gasteiger partial charge in [-0.05, 0) is 49.9 Å². The second-order valence-electron chi connectivity index (χ2n) is 5.72. The van der Waals surface area contributed by atoms with Crippen molar-refractivity contribution in [3.63, 3.8) is 0 Å². The van der Waals surface area contributed by atoms with Crippen molar-refractivity contribution in [1.29, 1.82) is 0 Å². The van der Waals surface area contributed by atoms with Gasteiger partial charge in [0, 0.05) is 18.3 Å². The van der Waals surface area contributed by atoms with E-state index >= 15 is 0 Å². The number of anilines is 1. The third-order valence-corrected chi connectivity index (χ3v) is 5.16. The first-order valence-electron chi connectivity index (χ1n) is 7.75. The fraction of sp³-hybridized carbons (Fsp3) is 0.625. The zero-order valence-electron chi connectivity index (χ0n) is 13.5. The maximum atomic E-state index is 12.3. The van der Waals surface area contributed by atoms with Crippen LogP contribution in [0.1, 0.15) is 47.0 Å². The molecule has 0 saturated heterocycles. The van der Waals surface area contributed by atoms with E-state index in [-0.39, 0.29) is 6.04 Å². The molecule has 21 heavy (non-hydrogen) atoms. The highest BCUT2D eigenvalue weighted by atomic mass is 32.2. The lowest BCUT2D eigenvalue weighted by Gasteiger charge is -2.17. The minimum atomic E-state index is -3.43. The molecule has 2 N–H and O–H groups in total. The summed E-state index contributed by atoms with van der Waals surface area (Å²) in [6.45, 7) is 9.15. The van der Waals surface area contributed by atoms with E-state index in [4.69, 9.17) is 0 Å². The van der Waals surface area contributed by atoms with Gasteiger partial charge in [0.2, 0.25) is 10.0 Å². The van der Waals surface area contributed by atoms with Crippen LogP contribution in [0.15, 0.2) is 29.2 Å². The van der Waals surface area contributed by atoms with Gasteiger partial charge < -0.3 is 5.32 Å². The molecule has 0 spiro atoms. The zero-order valence-corrected chi connectivity index (χ0v) is 14.3. The Morgan fingerprint density at radius 3 is 2.24 bits per heavy atom. The van der Waals surface area contributed by atoms with Gasteiger partial charge in [-0.1, -0.05) is 27.2 Å². The molecule has 0 radical (unpaired) electrons. The summed E-state index contributed by atoms with van der Waals surface area (Å²) in [4.78, 5) is 0.320. The van der Waals surface area contributed by atoms with Crippen molar-refractivity contribution in [2.45, 2.75) is 57.9 Å². The standard InChI is InChI=1S/C16H28N2O2S/c1-5-11-17-15-7-9-16(10-8-15)21(19,20)18-14(4)12-13(3)6-2/h7-10,13-14,17-18H,5-6,11-12H2,1-4H3. The van der Waals surface area contributed by atoms with Crippen molar-refractivity contribution in [2.75, 3.05) is 11.9 Å². The fourth-order valence-corrected chi connectivity index (χ4v) is 3.43. The van der Waals surface area contributed by atoms with Crippen LogP contribution in [0.25, 0.3) is 0 Å². The van der Waals surface area contributed by atoms with Crippen LogP contribution in [0.4, 0.5) is 5.69 Å². The number of benzene rings is 1. The molecule has 4 nitrogen and oxygen atoms in total. The third-order valence-electron chi connectivity index (χ3n) is 3.55. The van der Waals surface area contributed by atoms with Gasteiger partial charge in [-0.25, -0.2) is 13.1 Å². The van der Waals surface area contributed by atoms with Crippen molar-refractivity contribution >= 4 is 15.7 Å². The van der Waals surface area contributed by atoms with Gasteiger partial charge in [-0.15, -0.1) is 0 Å². The molecule has 0 aliphatic carbocycles. The molecular formula is C16H28N2O2S. The molecule has 1 aromatic carbocycles. The average molecular weight is 312 g/mol. The van der Waals surface area contributed by atoms with E-state index in [1.807, 2.05) is 19.1 Å². The number of hydrogen-bond donors (Lipinski definition) is 2. The lowest BCUT2D eigenvalue weighted by molar-refractivity contribution is 0.445. The maximum absolute atomic E-state index is 12.3. The molecule has 5 heteroatoms. The quantitative estimate of drug-likeness (QED) is 0.732. The van der Waals surface area contributed by atoms with Crippen molar-refractivity contribution in [3.05, 3.63) is 24.3 Å². The Hall–Kier alpha value is -1.07. The Morgan fingerprint density at radius 2 is 1.71 bits per heavy atom.